The van der Waals surface area contributed by atoms with E-state index in [1.807, 2.05) is 31.4 Å². The maximum atomic E-state index is 10.8. The fourth-order valence-electron chi connectivity index (χ4n) is 1.52. The number of anilines is 1. The van der Waals surface area contributed by atoms with Crippen molar-refractivity contribution < 1.29 is 8.42 Å². The van der Waals surface area contributed by atoms with Crippen molar-refractivity contribution in [2.75, 3.05) is 22.9 Å². The van der Waals surface area contributed by atoms with Crippen molar-refractivity contribution in [3.63, 3.8) is 0 Å². The molecule has 0 bridgehead atoms. The van der Waals surface area contributed by atoms with Crippen molar-refractivity contribution in [3.05, 3.63) is 29.8 Å². The van der Waals surface area contributed by atoms with Crippen LogP contribution in [0.5, 0.6) is 0 Å². The maximum Gasteiger partial charge on any atom is 0.209 e. The van der Waals surface area contributed by atoms with E-state index >= 15 is 0 Å². The molecule has 0 aromatic heterocycles. The fraction of sp³-hybridized carbons (Fsp3) is 0.455. The van der Waals surface area contributed by atoms with Crippen LogP contribution in [0, 0.1) is 6.92 Å². The smallest absolute Gasteiger partial charge is 0.209 e. The Morgan fingerprint density at radius 3 is 2.65 bits per heavy atom. The van der Waals surface area contributed by atoms with Crippen molar-refractivity contribution in [2.24, 2.45) is 5.14 Å². The number of rotatable bonds is 6. The topological polar surface area (TPSA) is 63.4 Å². The second-order valence-corrected chi connectivity index (χ2v) is 6.38. The third-order valence-electron chi connectivity index (χ3n) is 2.30. The van der Waals surface area contributed by atoms with Gasteiger partial charge >= 0.3 is 0 Å². The van der Waals surface area contributed by atoms with E-state index in [0.29, 0.717) is 13.0 Å². The van der Waals surface area contributed by atoms with Crippen LogP contribution in [0.3, 0.4) is 0 Å². The zero-order valence-electron chi connectivity index (χ0n) is 10.1. The number of hydrogen-bond donors (Lipinski definition) is 1. The summed E-state index contributed by atoms with van der Waals surface area (Å²) in [5.41, 5.74) is 2.28. The summed E-state index contributed by atoms with van der Waals surface area (Å²) < 4.78 is 23.8. The summed E-state index contributed by atoms with van der Waals surface area (Å²) in [5.74, 6) is 0.0237. The minimum atomic E-state index is -3.35. The molecule has 0 aliphatic carbocycles. The van der Waals surface area contributed by atoms with Gasteiger partial charge in [0.1, 0.15) is 0 Å². The molecule has 2 N–H and O–H groups in total. The maximum absolute atomic E-state index is 10.8. The van der Waals surface area contributed by atoms with Gasteiger partial charge in [0.25, 0.3) is 0 Å². The lowest BCUT2D eigenvalue weighted by atomic mass is 10.2. The molecule has 0 radical (unpaired) electrons. The van der Waals surface area contributed by atoms with E-state index in [1.165, 1.54) is 5.56 Å². The molecule has 1 rings (SSSR count). The van der Waals surface area contributed by atoms with Crippen LogP contribution in [0.15, 0.2) is 24.3 Å². The molecule has 4 nitrogen and oxygen atoms in total. The largest absolute Gasteiger partial charge is 0.316 e. The number of aryl methyl sites for hydroxylation is 1. The third-order valence-corrected chi connectivity index (χ3v) is 3.99. The van der Waals surface area contributed by atoms with Gasteiger partial charge in [-0.15, -0.1) is 0 Å². The van der Waals surface area contributed by atoms with Crippen molar-refractivity contribution in [1.29, 1.82) is 0 Å². The second-order valence-electron chi connectivity index (χ2n) is 3.84. The van der Waals surface area contributed by atoms with Gasteiger partial charge in [-0.25, -0.2) is 13.6 Å². The molecule has 6 heteroatoms. The van der Waals surface area contributed by atoms with Gasteiger partial charge in [-0.1, -0.05) is 24.1 Å². The summed E-state index contributed by atoms with van der Waals surface area (Å²) in [7, 11) is -3.35. The first-order valence-electron chi connectivity index (χ1n) is 5.31. The van der Waals surface area contributed by atoms with Gasteiger partial charge < -0.3 is 4.31 Å². The average Bonchev–Trinajstić information content (AvgIpc) is 2.23. The standard InChI is InChI=1S/C11H18N2O2S2/c1-10-5-3-6-11(9-10)13(16-2)7-4-8-17(12,14)15/h3,5-6,9H,4,7-8H2,1-2H3,(H2,12,14,15). The van der Waals surface area contributed by atoms with E-state index in [1.54, 1.807) is 11.9 Å². The van der Waals surface area contributed by atoms with Gasteiger partial charge in [0, 0.05) is 18.5 Å². The molecular formula is C11H18N2O2S2. The first-order chi connectivity index (χ1) is 7.92. The summed E-state index contributed by atoms with van der Waals surface area (Å²) in [6.07, 6.45) is 2.51. The minimum absolute atomic E-state index is 0.0237. The second kappa shape index (κ2) is 6.28. The number of sulfonamides is 1. The molecule has 17 heavy (non-hydrogen) atoms. The zero-order valence-corrected chi connectivity index (χ0v) is 11.7. The molecule has 96 valence electrons. The Labute approximate surface area is 107 Å². The molecule has 0 aliphatic heterocycles. The monoisotopic (exact) mass is 274 g/mol. The van der Waals surface area contributed by atoms with Crippen LogP contribution in [0.25, 0.3) is 0 Å². The average molecular weight is 274 g/mol. The molecule has 0 amide bonds. The van der Waals surface area contributed by atoms with Gasteiger partial charge in [0.05, 0.1) is 5.75 Å². The predicted octanol–water partition coefficient (Wildman–Crippen LogP) is 1.76. The van der Waals surface area contributed by atoms with Gasteiger partial charge in [0.2, 0.25) is 10.0 Å². The summed E-state index contributed by atoms with van der Waals surface area (Å²) >= 11 is 1.58. The Morgan fingerprint density at radius 1 is 1.41 bits per heavy atom. The highest BCUT2D eigenvalue weighted by molar-refractivity contribution is 7.99. The molecule has 0 heterocycles. The highest BCUT2D eigenvalue weighted by Crippen LogP contribution is 2.21. The van der Waals surface area contributed by atoms with Gasteiger partial charge in [-0.2, -0.15) is 0 Å². The number of nitrogens with two attached hydrogens (primary N) is 1. The van der Waals surface area contributed by atoms with E-state index in [4.69, 9.17) is 5.14 Å². The third kappa shape index (κ3) is 5.43. The summed E-state index contributed by atoms with van der Waals surface area (Å²) in [5, 5.41) is 4.97. The first kappa shape index (κ1) is 14.3. The van der Waals surface area contributed by atoms with Crippen molar-refractivity contribution >= 4 is 27.7 Å². The Kier molecular flexibility index (Phi) is 5.30. The van der Waals surface area contributed by atoms with E-state index in [9.17, 15) is 8.42 Å². The SMILES string of the molecule is CSN(CCCS(N)(=O)=O)c1cccc(C)c1. The van der Waals surface area contributed by atoms with E-state index < -0.39 is 10.0 Å². The lowest BCUT2D eigenvalue weighted by Gasteiger charge is -2.21. The Balaban J connectivity index is 2.60. The molecule has 0 saturated carbocycles. The molecule has 0 atom stereocenters. The van der Waals surface area contributed by atoms with Crippen molar-refractivity contribution in [1.82, 2.24) is 0 Å². The zero-order chi connectivity index (χ0) is 12.9. The van der Waals surface area contributed by atoms with Gasteiger partial charge in [-0.3, -0.25) is 0 Å². The van der Waals surface area contributed by atoms with Crippen LogP contribution in [0.1, 0.15) is 12.0 Å². The number of primary sulfonamides is 1. The number of nitrogens with zero attached hydrogens (tertiary/aromatic N) is 1. The van der Waals surface area contributed by atoms with Gasteiger partial charge in [0.15, 0.2) is 0 Å². The van der Waals surface area contributed by atoms with Crippen LogP contribution in [-0.2, 0) is 10.0 Å². The highest BCUT2D eigenvalue weighted by Gasteiger charge is 2.08. The normalized spacial score (nSPS) is 11.5. The first-order valence-corrected chi connectivity index (χ1v) is 8.21. The molecule has 1 aromatic carbocycles. The Morgan fingerprint density at radius 2 is 2.12 bits per heavy atom. The molecule has 0 unspecified atom stereocenters. The molecule has 1 aromatic rings. The van der Waals surface area contributed by atoms with E-state index in [2.05, 4.69) is 10.4 Å². The number of hydrogen-bond acceptors (Lipinski definition) is 4. The van der Waals surface area contributed by atoms with Crippen LogP contribution in [-0.4, -0.2) is 27.0 Å². The quantitative estimate of drug-likeness (QED) is 0.803. The number of benzene rings is 1. The Hall–Kier alpha value is -0.720. The molecule has 0 aliphatic rings. The van der Waals surface area contributed by atoms with Crippen LogP contribution in [0.2, 0.25) is 0 Å². The van der Waals surface area contributed by atoms with Crippen LogP contribution in [0.4, 0.5) is 5.69 Å². The van der Waals surface area contributed by atoms with E-state index in [-0.39, 0.29) is 5.75 Å². The summed E-state index contributed by atoms with van der Waals surface area (Å²) in [6, 6.07) is 8.12. The Bertz CT molecular complexity index is 460. The lowest BCUT2D eigenvalue weighted by molar-refractivity contribution is 0.595. The van der Waals surface area contributed by atoms with Crippen molar-refractivity contribution in [2.45, 2.75) is 13.3 Å². The molecule has 0 saturated heterocycles. The van der Waals surface area contributed by atoms with Gasteiger partial charge in [-0.05, 0) is 31.0 Å². The molecule has 0 fully saturated rings. The highest BCUT2D eigenvalue weighted by atomic mass is 32.2. The van der Waals surface area contributed by atoms with Crippen LogP contribution >= 0.6 is 11.9 Å². The van der Waals surface area contributed by atoms with Crippen molar-refractivity contribution in [3.8, 4) is 0 Å². The van der Waals surface area contributed by atoms with E-state index in [0.717, 1.165) is 5.69 Å². The lowest BCUT2D eigenvalue weighted by Crippen LogP contribution is -2.22. The minimum Gasteiger partial charge on any atom is -0.316 e. The fourth-order valence-corrected chi connectivity index (χ4v) is 2.69. The summed E-state index contributed by atoms with van der Waals surface area (Å²) in [6.45, 7) is 2.70. The molecule has 0 spiro atoms. The molecular weight excluding hydrogens is 256 g/mol. The van der Waals surface area contributed by atoms with Crippen LogP contribution < -0.4 is 9.44 Å². The predicted molar refractivity (Wildman–Crippen MR) is 74.6 cm³/mol. The summed E-state index contributed by atoms with van der Waals surface area (Å²) in [4.78, 5) is 0.